The molecule has 0 radical (unpaired) electrons. The van der Waals surface area contributed by atoms with Gasteiger partial charge < -0.3 is 5.32 Å². The molecule has 0 fully saturated rings. The van der Waals surface area contributed by atoms with Crippen molar-refractivity contribution < 1.29 is 0 Å². The van der Waals surface area contributed by atoms with E-state index in [0.717, 1.165) is 17.2 Å². The molecule has 0 spiro atoms. The molecule has 0 aliphatic heterocycles. The highest BCUT2D eigenvalue weighted by Gasteiger charge is 2.05. The summed E-state index contributed by atoms with van der Waals surface area (Å²) in [6, 6.07) is 6.32. The fourth-order valence-electron chi connectivity index (χ4n) is 1.45. The molecule has 15 heavy (non-hydrogen) atoms. The number of nitrogens with one attached hydrogen (secondary N) is 1. The summed E-state index contributed by atoms with van der Waals surface area (Å²) in [5.74, 6) is 0.651. The summed E-state index contributed by atoms with van der Waals surface area (Å²) < 4.78 is 1.27. The van der Waals surface area contributed by atoms with Crippen LogP contribution in [0.2, 0.25) is 0 Å². The molecule has 0 bridgehead atoms. The number of benzene rings is 1. The van der Waals surface area contributed by atoms with Gasteiger partial charge in [-0.3, -0.25) is 0 Å². The first kappa shape index (κ1) is 10.4. The second kappa shape index (κ2) is 4.19. The van der Waals surface area contributed by atoms with E-state index in [4.69, 9.17) is 0 Å². The number of rotatable bonds is 3. The Hall–Kier alpha value is -1.09. The van der Waals surface area contributed by atoms with Crippen LogP contribution in [0.3, 0.4) is 0 Å². The number of thiazole rings is 1. The normalized spacial score (nSPS) is 11.2. The molecular weight excluding hydrogens is 204 g/mol. The maximum Gasteiger partial charge on any atom is 0.183 e. The van der Waals surface area contributed by atoms with Gasteiger partial charge in [0.25, 0.3) is 0 Å². The number of hydrogen-bond donors (Lipinski definition) is 1. The van der Waals surface area contributed by atoms with Crippen LogP contribution < -0.4 is 5.32 Å². The van der Waals surface area contributed by atoms with Crippen LogP contribution in [-0.2, 0) is 0 Å². The Morgan fingerprint density at radius 1 is 1.40 bits per heavy atom. The molecule has 0 aliphatic carbocycles. The van der Waals surface area contributed by atoms with E-state index >= 15 is 0 Å². The lowest BCUT2D eigenvalue weighted by atomic mass is 10.2. The predicted octanol–water partition coefficient (Wildman–Crippen LogP) is 3.67. The van der Waals surface area contributed by atoms with Crippen molar-refractivity contribution in [1.82, 2.24) is 4.98 Å². The van der Waals surface area contributed by atoms with Crippen molar-refractivity contribution >= 4 is 26.7 Å². The summed E-state index contributed by atoms with van der Waals surface area (Å²) in [7, 11) is 0. The summed E-state index contributed by atoms with van der Waals surface area (Å²) in [6.45, 7) is 7.49. The van der Waals surface area contributed by atoms with Gasteiger partial charge in [0, 0.05) is 6.54 Å². The molecule has 0 atom stereocenters. The predicted molar refractivity (Wildman–Crippen MR) is 67.7 cm³/mol. The van der Waals surface area contributed by atoms with Crippen molar-refractivity contribution in [2.24, 2.45) is 5.92 Å². The van der Waals surface area contributed by atoms with Crippen molar-refractivity contribution in [3.63, 3.8) is 0 Å². The Balaban J connectivity index is 2.27. The first-order valence-corrected chi connectivity index (χ1v) is 6.08. The highest BCUT2D eigenvalue weighted by atomic mass is 32.1. The third-order valence-corrected chi connectivity index (χ3v) is 3.26. The number of anilines is 1. The highest BCUT2D eigenvalue weighted by Crippen LogP contribution is 2.27. The molecule has 1 N–H and O–H groups in total. The number of nitrogens with zero attached hydrogens (tertiary/aromatic N) is 1. The van der Waals surface area contributed by atoms with Crippen molar-refractivity contribution in [1.29, 1.82) is 0 Å². The number of fused-ring (bicyclic) bond motifs is 1. The van der Waals surface area contributed by atoms with Crippen LogP contribution in [-0.4, -0.2) is 11.5 Å². The van der Waals surface area contributed by atoms with Gasteiger partial charge in [-0.1, -0.05) is 37.3 Å². The fourth-order valence-corrected chi connectivity index (χ4v) is 2.40. The van der Waals surface area contributed by atoms with Crippen LogP contribution in [0, 0.1) is 12.8 Å². The summed E-state index contributed by atoms with van der Waals surface area (Å²) >= 11 is 1.73. The molecule has 3 heteroatoms. The van der Waals surface area contributed by atoms with Crippen molar-refractivity contribution in [2.45, 2.75) is 20.8 Å². The van der Waals surface area contributed by atoms with E-state index in [1.54, 1.807) is 11.3 Å². The van der Waals surface area contributed by atoms with Crippen LogP contribution in [0.4, 0.5) is 5.13 Å². The van der Waals surface area contributed by atoms with Crippen molar-refractivity contribution in [3.05, 3.63) is 23.8 Å². The van der Waals surface area contributed by atoms with Crippen LogP contribution >= 0.6 is 11.3 Å². The number of hydrogen-bond acceptors (Lipinski definition) is 3. The van der Waals surface area contributed by atoms with Crippen LogP contribution in [0.5, 0.6) is 0 Å². The van der Waals surface area contributed by atoms with Gasteiger partial charge in [0.15, 0.2) is 5.13 Å². The van der Waals surface area contributed by atoms with E-state index in [0.29, 0.717) is 5.92 Å². The van der Waals surface area contributed by atoms with Crippen molar-refractivity contribution in [3.8, 4) is 0 Å². The first-order valence-electron chi connectivity index (χ1n) is 5.27. The van der Waals surface area contributed by atoms with Crippen LogP contribution in [0.25, 0.3) is 10.2 Å². The molecular formula is C12H16N2S. The van der Waals surface area contributed by atoms with Gasteiger partial charge in [-0.25, -0.2) is 4.98 Å². The number of aryl methyl sites for hydroxylation is 1. The van der Waals surface area contributed by atoms with E-state index in [9.17, 15) is 0 Å². The Labute approximate surface area is 94.3 Å². The zero-order valence-corrected chi connectivity index (χ0v) is 10.2. The smallest absolute Gasteiger partial charge is 0.183 e. The second-order valence-electron chi connectivity index (χ2n) is 4.22. The molecule has 0 saturated carbocycles. The maximum atomic E-state index is 4.59. The average molecular weight is 220 g/mol. The lowest BCUT2D eigenvalue weighted by molar-refractivity contribution is 0.688. The molecule has 2 nitrogen and oxygen atoms in total. The highest BCUT2D eigenvalue weighted by molar-refractivity contribution is 7.22. The minimum absolute atomic E-state index is 0.651. The third kappa shape index (κ3) is 2.29. The van der Waals surface area contributed by atoms with Gasteiger partial charge in [0.05, 0.1) is 10.2 Å². The molecule has 2 aromatic rings. The van der Waals surface area contributed by atoms with Gasteiger partial charge in [-0.2, -0.15) is 0 Å². The van der Waals surface area contributed by atoms with Gasteiger partial charge in [0.1, 0.15) is 0 Å². The van der Waals surface area contributed by atoms with E-state index in [1.165, 1.54) is 10.3 Å². The fraction of sp³-hybridized carbons (Fsp3) is 0.417. The topological polar surface area (TPSA) is 24.9 Å². The van der Waals surface area contributed by atoms with Gasteiger partial charge in [-0.05, 0) is 24.5 Å². The largest absolute Gasteiger partial charge is 0.361 e. The maximum absolute atomic E-state index is 4.59. The first-order chi connectivity index (χ1) is 7.16. The molecule has 2 rings (SSSR count). The van der Waals surface area contributed by atoms with Gasteiger partial charge in [0.2, 0.25) is 0 Å². The minimum atomic E-state index is 0.651. The van der Waals surface area contributed by atoms with Crippen LogP contribution in [0.1, 0.15) is 19.4 Å². The SMILES string of the molecule is Cc1cccc2sc(NCC(C)C)nc12. The lowest BCUT2D eigenvalue weighted by Crippen LogP contribution is -2.07. The molecule has 0 aliphatic rings. The number of aromatic nitrogens is 1. The zero-order valence-electron chi connectivity index (χ0n) is 9.37. The lowest BCUT2D eigenvalue weighted by Gasteiger charge is -2.04. The Bertz CT molecular complexity index is 460. The summed E-state index contributed by atoms with van der Waals surface area (Å²) in [6.07, 6.45) is 0. The van der Waals surface area contributed by atoms with E-state index in [2.05, 4.69) is 49.3 Å². The van der Waals surface area contributed by atoms with E-state index < -0.39 is 0 Å². The molecule has 1 heterocycles. The van der Waals surface area contributed by atoms with Crippen LogP contribution in [0.15, 0.2) is 18.2 Å². The van der Waals surface area contributed by atoms with E-state index in [1.807, 2.05) is 0 Å². The van der Waals surface area contributed by atoms with E-state index in [-0.39, 0.29) is 0 Å². The third-order valence-electron chi connectivity index (χ3n) is 2.28. The molecule has 1 aromatic heterocycles. The van der Waals surface area contributed by atoms with Crippen molar-refractivity contribution in [2.75, 3.05) is 11.9 Å². The Kier molecular flexibility index (Phi) is 2.91. The summed E-state index contributed by atoms with van der Waals surface area (Å²) in [5, 5.41) is 4.40. The monoisotopic (exact) mass is 220 g/mol. The summed E-state index contributed by atoms with van der Waals surface area (Å²) in [4.78, 5) is 4.59. The van der Waals surface area contributed by atoms with Gasteiger partial charge in [-0.15, -0.1) is 0 Å². The molecule has 0 saturated heterocycles. The van der Waals surface area contributed by atoms with Gasteiger partial charge >= 0.3 is 0 Å². The Morgan fingerprint density at radius 2 is 2.20 bits per heavy atom. The molecule has 0 unspecified atom stereocenters. The zero-order chi connectivity index (χ0) is 10.8. The standard InChI is InChI=1S/C12H16N2S/c1-8(2)7-13-12-14-11-9(3)5-4-6-10(11)15-12/h4-6,8H,7H2,1-3H3,(H,13,14). The molecule has 80 valence electrons. The average Bonchev–Trinajstić information content (AvgIpc) is 2.59. The quantitative estimate of drug-likeness (QED) is 0.853. The molecule has 1 aromatic carbocycles. The minimum Gasteiger partial charge on any atom is -0.361 e. The molecule has 0 amide bonds. The Morgan fingerprint density at radius 3 is 2.87 bits per heavy atom. The summed E-state index contributed by atoms with van der Waals surface area (Å²) in [5.41, 5.74) is 2.38. The second-order valence-corrected chi connectivity index (χ2v) is 5.25. The number of para-hydroxylation sites is 1.